The van der Waals surface area contributed by atoms with Gasteiger partial charge in [0.25, 0.3) is 10.0 Å². The molecule has 0 aromatic heterocycles. The summed E-state index contributed by atoms with van der Waals surface area (Å²) in [5, 5.41) is 3.86. The zero-order valence-electron chi connectivity index (χ0n) is 24.2. The molecule has 11 heteroatoms. The number of sulfonamides is 1. The number of hydrogen-bond acceptors (Lipinski definition) is 4. The Morgan fingerprint density at radius 3 is 2.09 bits per heavy atom. The van der Waals surface area contributed by atoms with Gasteiger partial charge in [-0.2, -0.15) is 0 Å². The first-order valence-corrected chi connectivity index (χ1v) is 16.5. The van der Waals surface area contributed by atoms with Gasteiger partial charge in [-0.1, -0.05) is 95.5 Å². The third-order valence-corrected chi connectivity index (χ3v) is 9.62. The molecule has 4 aromatic carbocycles. The lowest BCUT2D eigenvalue weighted by molar-refractivity contribution is -0.140. The number of nitrogens with one attached hydrogen (secondary N) is 1. The normalized spacial score (nSPS) is 11.9. The highest BCUT2D eigenvalue weighted by Crippen LogP contribution is 2.31. The molecule has 0 saturated carbocycles. The second kappa shape index (κ2) is 14.9. The first kappa shape index (κ1) is 33.3. The number of nitrogens with zero attached hydrogens (tertiary/aromatic N) is 2. The van der Waals surface area contributed by atoms with Crippen LogP contribution in [-0.4, -0.2) is 44.3 Å². The van der Waals surface area contributed by atoms with Crippen molar-refractivity contribution in [1.82, 2.24) is 10.2 Å². The maximum atomic E-state index is 14.5. The van der Waals surface area contributed by atoms with Crippen molar-refractivity contribution in [3.8, 4) is 0 Å². The Bertz CT molecular complexity index is 1720. The largest absolute Gasteiger partial charge is 0.355 e. The molecule has 0 spiro atoms. The van der Waals surface area contributed by atoms with Crippen molar-refractivity contribution in [3.63, 3.8) is 0 Å². The van der Waals surface area contributed by atoms with Crippen LogP contribution in [0.1, 0.15) is 23.6 Å². The van der Waals surface area contributed by atoms with E-state index in [9.17, 15) is 18.0 Å². The van der Waals surface area contributed by atoms with E-state index in [4.69, 9.17) is 34.8 Å². The number of aryl methyl sites for hydroxylation is 1. The standard InChI is InChI=1S/C33H32Cl3N3O4S/c1-3-37-33(41)31(18-24-10-6-4-7-11-24)38(21-25-15-17-26(34)19-29(25)36)32(40)22-39(30-20-27(35)16-14-23(30)2)44(42,43)28-12-8-5-9-13-28/h4-17,19-20,31H,3,18,21-22H2,1-2H3,(H,37,41)/t31-/m1/s1. The van der Waals surface area contributed by atoms with E-state index >= 15 is 0 Å². The molecule has 230 valence electrons. The van der Waals surface area contributed by atoms with Crippen LogP contribution in [-0.2, 0) is 32.6 Å². The molecular formula is C33H32Cl3N3O4S. The van der Waals surface area contributed by atoms with Gasteiger partial charge in [0.05, 0.1) is 10.6 Å². The lowest BCUT2D eigenvalue weighted by Gasteiger charge is -2.34. The summed E-state index contributed by atoms with van der Waals surface area (Å²) in [4.78, 5) is 29.4. The average Bonchev–Trinajstić information content (AvgIpc) is 3.01. The zero-order chi connectivity index (χ0) is 31.9. The number of halogens is 3. The predicted octanol–water partition coefficient (Wildman–Crippen LogP) is 6.93. The molecule has 0 saturated heterocycles. The van der Waals surface area contributed by atoms with Crippen molar-refractivity contribution in [2.24, 2.45) is 0 Å². The van der Waals surface area contributed by atoms with Crippen molar-refractivity contribution in [2.75, 3.05) is 17.4 Å². The molecule has 0 unspecified atom stereocenters. The molecule has 0 fully saturated rings. The first-order valence-electron chi connectivity index (χ1n) is 13.9. The molecule has 7 nitrogen and oxygen atoms in total. The molecular weight excluding hydrogens is 641 g/mol. The Hall–Kier alpha value is -3.56. The SMILES string of the molecule is CCNC(=O)[C@@H](Cc1ccccc1)N(Cc1ccc(Cl)cc1Cl)C(=O)CN(c1cc(Cl)ccc1C)S(=O)(=O)c1ccccc1. The molecule has 1 atom stereocenters. The fraction of sp³-hybridized carbons (Fsp3) is 0.212. The molecule has 0 aliphatic heterocycles. The van der Waals surface area contributed by atoms with Gasteiger partial charge in [-0.15, -0.1) is 0 Å². The number of carbonyl (C=O) groups excluding carboxylic acids is 2. The lowest BCUT2D eigenvalue weighted by Crippen LogP contribution is -2.53. The molecule has 4 aromatic rings. The minimum atomic E-state index is -4.24. The summed E-state index contributed by atoms with van der Waals surface area (Å²) in [5.41, 5.74) is 2.21. The monoisotopic (exact) mass is 671 g/mol. The van der Waals surface area contributed by atoms with Gasteiger partial charge in [-0.25, -0.2) is 8.42 Å². The fourth-order valence-corrected chi connectivity index (χ4v) is 6.89. The van der Waals surface area contributed by atoms with Gasteiger partial charge >= 0.3 is 0 Å². The van der Waals surface area contributed by atoms with Crippen molar-refractivity contribution < 1.29 is 18.0 Å². The van der Waals surface area contributed by atoms with Crippen LogP contribution in [0.15, 0.2) is 102 Å². The Kier molecular flexibility index (Phi) is 11.3. The van der Waals surface area contributed by atoms with Crippen LogP contribution in [0.3, 0.4) is 0 Å². The molecule has 2 amide bonds. The van der Waals surface area contributed by atoms with Crippen LogP contribution in [0.4, 0.5) is 5.69 Å². The summed E-state index contributed by atoms with van der Waals surface area (Å²) in [6.45, 7) is 3.19. The molecule has 0 bridgehead atoms. The molecule has 0 radical (unpaired) electrons. The number of likely N-dealkylation sites (N-methyl/N-ethyl adjacent to an activating group) is 1. The van der Waals surface area contributed by atoms with Crippen LogP contribution in [0.2, 0.25) is 15.1 Å². The average molecular weight is 673 g/mol. The lowest BCUT2D eigenvalue weighted by atomic mass is 10.0. The topological polar surface area (TPSA) is 86.8 Å². The van der Waals surface area contributed by atoms with Crippen molar-refractivity contribution in [2.45, 2.75) is 37.8 Å². The van der Waals surface area contributed by atoms with Crippen LogP contribution in [0, 0.1) is 6.92 Å². The number of amides is 2. The van der Waals surface area contributed by atoms with E-state index in [0.29, 0.717) is 32.7 Å². The third kappa shape index (κ3) is 8.12. The smallest absolute Gasteiger partial charge is 0.264 e. The van der Waals surface area contributed by atoms with Gasteiger partial charge in [-0.3, -0.25) is 13.9 Å². The molecule has 0 aliphatic rings. The maximum Gasteiger partial charge on any atom is 0.264 e. The van der Waals surface area contributed by atoms with E-state index < -0.39 is 28.5 Å². The van der Waals surface area contributed by atoms with E-state index in [0.717, 1.165) is 9.87 Å². The second-order valence-corrected chi connectivity index (χ2v) is 13.3. The number of anilines is 1. The highest BCUT2D eigenvalue weighted by atomic mass is 35.5. The Balaban J connectivity index is 1.84. The van der Waals surface area contributed by atoms with Gasteiger partial charge in [-0.05, 0) is 66.9 Å². The summed E-state index contributed by atoms with van der Waals surface area (Å²) in [6, 6.07) is 25.9. The zero-order valence-corrected chi connectivity index (χ0v) is 27.3. The molecule has 1 N–H and O–H groups in total. The summed E-state index contributed by atoms with van der Waals surface area (Å²) in [7, 11) is -4.24. The van der Waals surface area contributed by atoms with Crippen LogP contribution in [0.25, 0.3) is 0 Å². The Morgan fingerprint density at radius 1 is 0.841 bits per heavy atom. The second-order valence-electron chi connectivity index (χ2n) is 10.1. The number of benzene rings is 4. The van der Waals surface area contributed by atoms with Gasteiger partial charge in [0.15, 0.2) is 0 Å². The quantitative estimate of drug-likeness (QED) is 0.177. The number of rotatable bonds is 12. The van der Waals surface area contributed by atoms with Crippen LogP contribution >= 0.6 is 34.8 Å². The summed E-state index contributed by atoms with van der Waals surface area (Å²) >= 11 is 19.0. The summed E-state index contributed by atoms with van der Waals surface area (Å²) in [5.74, 6) is -0.992. The van der Waals surface area contributed by atoms with Crippen molar-refractivity contribution in [3.05, 3.63) is 129 Å². The molecule has 44 heavy (non-hydrogen) atoms. The van der Waals surface area contributed by atoms with E-state index in [-0.39, 0.29) is 29.5 Å². The number of carbonyl (C=O) groups is 2. The predicted molar refractivity (Wildman–Crippen MR) is 177 cm³/mol. The van der Waals surface area contributed by atoms with Gasteiger partial charge in [0.1, 0.15) is 12.6 Å². The first-order chi connectivity index (χ1) is 21.0. The van der Waals surface area contributed by atoms with Crippen molar-refractivity contribution >= 4 is 62.3 Å². The summed E-state index contributed by atoms with van der Waals surface area (Å²) in [6.07, 6.45) is 0.186. The fourth-order valence-electron chi connectivity index (χ4n) is 4.76. The molecule has 0 aliphatic carbocycles. The number of hydrogen-bond donors (Lipinski definition) is 1. The van der Waals surface area contributed by atoms with E-state index in [2.05, 4.69) is 5.32 Å². The van der Waals surface area contributed by atoms with E-state index in [1.165, 1.54) is 23.1 Å². The van der Waals surface area contributed by atoms with Gasteiger partial charge in [0.2, 0.25) is 11.8 Å². The highest BCUT2D eigenvalue weighted by Gasteiger charge is 2.35. The van der Waals surface area contributed by atoms with Gasteiger partial charge in [0, 0.05) is 34.6 Å². The maximum absolute atomic E-state index is 14.5. The van der Waals surface area contributed by atoms with E-state index in [1.54, 1.807) is 62.4 Å². The minimum Gasteiger partial charge on any atom is -0.355 e. The summed E-state index contributed by atoms with van der Waals surface area (Å²) < 4.78 is 29.2. The van der Waals surface area contributed by atoms with Crippen LogP contribution < -0.4 is 9.62 Å². The molecule has 0 heterocycles. The Labute approximate surface area is 273 Å². The Morgan fingerprint density at radius 2 is 1.45 bits per heavy atom. The van der Waals surface area contributed by atoms with Crippen molar-refractivity contribution in [1.29, 1.82) is 0 Å². The molecule has 4 rings (SSSR count). The van der Waals surface area contributed by atoms with Gasteiger partial charge < -0.3 is 10.2 Å². The van der Waals surface area contributed by atoms with Crippen LogP contribution in [0.5, 0.6) is 0 Å². The van der Waals surface area contributed by atoms with E-state index in [1.807, 2.05) is 30.3 Å². The minimum absolute atomic E-state index is 0.00373. The highest BCUT2D eigenvalue weighted by molar-refractivity contribution is 7.92. The third-order valence-electron chi connectivity index (χ3n) is 7.03.